The summed E-state index contributed by atoms with van der Waals surface area (Å²) in [5.41, 5.74) is -0.248. The number of Topliss-reactive ketones (excluding diaryl/α,β-unsaturated/α-hetero) is 1. The first kappa shape index (κ1) is 17.2. The Kier molecular flexibility index (Phi) is 4.72. The minimum absolute atomic E-state index is 0.0765. The molecule has 137 valence electrons. The maximum absolute atomic E-state index is 12.4. The van der Waals surface area contributed by atoms with Crippen molar-refractivity contribution in [3.63, 3.8) is 0 Å². The van der Waals surface area contributed by atoms with E-state index in [1.807, 2.05) is 0 Å². The van der Waals surface area contributed by atoms with Gasteiger partial charge < -0.3 is 4.74 Å². The molecule has 5 aliphatic carbocycles. The van der Waals surface area contributed by atoms with Crippen molar-refractivity contribution in [1.29, 1.82) is 0 Å². The molecule has 4 bridgehead atoms. The lowest BCUT2D eigenvalue weighted by atomic mass is 9.54. The zero-order valence-corrected chi connectivity index (χ0v) is 15.1. The zero-order chi connectivity index (χ0) is 17.4. The van der Waals surface area contributed by atoms with Crippen LogP contribution in [0.25, 0.3) is 0 Å². The SMILES string of the molecule is [CH2][C@H](N=CC(=O)OC12CC3CC(CC(C3)C1)C2)C(=O)C1CCCCC1. The molecular weight excluding hydrogens is 314 g/mol. The lowest BCUT2D eigenvalue weighted by Gasteiger charge is -2.55. The van der Waals surface area contributed by atoms with Crippen LogP contribution in [0.15, 0.2) is 4.99 Å². The molecule has 0 unspecified atom stereocenters. The number of ether oxygens (including phenoxy) is 1. The summed E-state index contributed by atoms with van der Waals surface area (Å²) in [4.78, 5) is 28.8. The maximum Gasteiger partial charge on any atom is 0.349 e. The minimum Gasteiger partial charge on any atom is -0.455 e. The second-order valence-electron chi connectivity index (χ2n) is 9.05. The minimum atomic E-state index is -0.674. The van der Waals surface area contributed by atoms with E-state index >= 15 is 0 Å². The molecule has 0 aromatic rings. The van der Waals surface area contributed by atoms with Crippen LogP contribution < -0.4 is 0 Å². The van der Waals surface area contributed by atoms with E-state index in [1.54, 1.807) is 0 Å². The van der Waals surface area contributed by atoms with Gasteiger partial charge in [0.15, 0.2) is 5.78 Å². The Hall–Kier alpha value is -1.19. The summed E-state index contributed by atoms with van der Waals surface area (Å²) in [5, 5.41) is 0. The molecule has 5 aliphatic rings. The van der Waals surface area contributed by atoms with Crippen LogP contribution >= 0.6 is 0 Å². The normalized spacial score (nSPS) is 38.8. The Morgan fingerprint density at radius 2 is 1.56 bits per heavy atom. The molecule has 5 saturated carbocycles. The van der Waals surface area contributed by atoms with Crippen molar-refractivity contribution in [1.82, 2.24) is 0 Å². The Balaban J connectivity index is 1.32. The number of aliphatic imine (C=N–C) groups is 1. The fourth-order valence-corrected chi connectivity index (χ4v) is 6.28. The third kappa shape index (κ3) is 3.68. The summed E-state index contributed by atoms with van der Waals surface area (Å²) in [6.07, 6.45) is 13.6. The fraction of sp³-hybridized carbons (Fsp3) is 0.810. The van der Waals surface area contributed by atoms with Gasteiger partial charge in [-0.15, -0.1) is 0 Å². The van der Waals surface area contributed by atoms with Gasteiger partial charge in [0.05, 0.1) is 0 Å². The van der Waals surface area contributed by atoms with Gasteiger partial charge in [0.25, 0.3) is 0 Å². The van der Waals surface area contributed by atoms with Gasteiger partial charge in [0, 0.05) is 5.92 Å². The number of rotatable bonds is 5. The molecule has 1 radical (unpaired) electrons. The molecule has 0 aromatic carbocycles. The zero-order valence-electron chi connectivity index (χ0n) is 15.1. The van der Waals surface area contributed by atoms with Gasteiger partial charge in [-0.05, 0) is 76.0 Å². The van der Waals surface area contributed by atoms with Crippen molar-refractivity contribution >= 4 is 18.0 Å². The second kappa shape index (κ2) is 6.85. The highest BCUT2D eigenvalue weighted by molar-refractivity contribution is 6.23. The number of hydrogen-bond acceptors (Lipinski definition) is 4. The number of nitrogens with zero attached hydrogens (tertiary/aromatic N) is 1. The van der Waals surface area contributed by atoms with Gasteiger partial charge in [-0.2, -0.15) is 0 Å². The lowest BCUT2D eigenvalue weighted by molar-refractivity contribution is -0.178. The Bertz CT molecular complexity index is 526. The van der Waals surface area contributed by atoms with Crippen LogP contribution in [0.3, 0.4) is 0 Å². The summed E-state index contributed by atoms with van der Waals surface area (Å²) in [6.45, 7) is 3.86. The summed E-state index contributed by atoms with van der Waals surface area (Å²) >= 11 is 0. The molecule has 0 aliphatic heterocycles. The monoisotopic (exact) mass is 344 g/mol. The Morgan fingerprint density at radius 3 is 2.12 bits per heavy atom. The summed E-state index contributed by atoms with van der Waals surface area (Å²) in [5.74, 6) is 2.00. The Labute approximate surface area is 150 Å². The van der Waals surface area contributed by atoms with E-state index < -0.39 is 6.04 Å². The largest absolute Gasteiger partial charge is 0.455 e. The number of carbonyl (C=O) groups is 2. The van der Waals surface area contributed by atoms with Crippen LogP contribution in [0.2, 0.25) is 0 Å². The molecule has 0 amide bonds. The van der Waals surface area contributed by atoms with Crippen molar-refractivity contribution in [2.24, 2.45) is 28.7 Å². The van der Waals surface area contributed by atoms with Crippen LogP contribution in [0.5, 0.6) is 0 Å². The number of hydrogen-bond donors (Lipinski definition) is 0. The van der Waals surface area contributed by atoms with Gasteiger partial charge >= 0.3 is 5.97 Å². The number of esters is 1. The molecule has 25 heavy (non-hydrogen) atoms. The highest BCUT2D eigenvalue weighted by atomic mass is 16.6. The smallest absolute Gasteiger partial charge is 0.349 e. The first-order valence-corrected chi connectivity index (χ1v) is 10.2. The van der Waals surface area contributed by atoms with Crippen LogP contribution in [0.1, 0.15) is 70.6 Å². The molecular formula is C21H30NO3. The van der Waals surface area contributed by atoms with Crippen molar-refractivity contribution < 1.29 is 14.3 Å². The molecule has 0 spiro atoms. The van der Waals surface area contributed by atoms with E-state index in [0.29, 0.717) is 0 Å². The third-order valence-electron chi connectivity index (χ3n) is 7.00. The Morgan fingerprint density at radius 1 is 1.00 bits per heavy atom. The molecule has 5 fully saturated rings. The number of ketones is 1. The van der Waals surface area contributed by atoms with Crippen molar-refractivity contribution in [2.45, 2.75) is 82.3 Å². The van der Waals surface area contributed by atoms with Gasteiger partial charge in [-0.25, -0.2) is 4.79 Å². The van der Waals surface area contributed by atoms with Gasteiger partial charge in [0.1, 0.15) is 17.9 Å². The van der Waals surface area contributed by atoms with Crippen LogP contribution in [0.4, 0.5) is 0 Å². The van der Waals surface area contributed by atoms with Crippen LogP contribution in [-0.2, 0) is 14.3 Å². The molecule has 0 heterocycles. The molecule has 0 N–H and O–H groups in total. The maximum atomic E-state index is 12.4. The van der Waals surface area contributed by atoms with E-state index in [2.05, 4.69) is 11.9 Å². The molecule has 4 nitrogen and oxygen atoms in total. The molecule has 5 rings (SSSR count). The first-order valence-electron chi connectivity index (χ1n) is 10.2. The predicted octanol–water partition coefficient (Wildman–Crippen LogP) is 3.92. The molecule has 4 heteroatoms. The van der Waals surface area contributed by atoms with E-state index in [4.69, 9.17) is 4.74 Å². The van der Waals surface area contributed by atoms with Gasteiger partial charge in [0.2, 0.25) is 0 Å². The highest BCUT2D eigenvalue weighted by Crippen LogP contribution is 2.57. The van der Waals surface area contributed by atoms with Crippen LogP contribution in [-0.4, -0.2) is 29.6 Å². The summed E-state index contributed by atoms with van der Waals surface area (Å²) in [7, 11) is 0. The molecule has 1 atom stereocenters. The quantitative estimate of drug-likeness (QED) is 0.561. The summed E-state index contributed by atoms with van der Waals surface area (Å²) in [6, 6.07) is -0.674. The van der Waals surface area contributed by atoms with E-state index in [-0.39, 0.29) is 23.3 Å². The van der Waals surface area contributed by atoms with Gasteiger partial charge in [-0.3, -0.25) is 9.79 Å². The topological polar surface area (TPSA) is 55.7 Å². The van der Waals surface area contributed by atoms with E-state index in [0.717, 1.165) is 62.7 Å². The molecule has 0 aromatic heterocycles. The predicted molar refractivity (Wildman–Crippen MR) is 96.2 cm³/mol. The van der Waals surface area contributed by atoms with Crippen molar-refractivity contribution in [3.05, 3.63) is 6.92 Å². The highest BCUT2D eigenvalue weighted by Gasteiger charge is 2.53. The average molecular weight is 344 g/mol. The van der Waals surface area contributed by atoms with Crippen LogP contribution in [0, 0.1) is 30.6 Å². The van der Waals surface area contributed by atoms with Crippen molar-refractivity contribution in [2.75, 3.05) is 0 Å². The second-order valence-corrected chi connectivity index (χ2v) is 9.05. The third-order valence-corrected chi connectivity index (χ3v) is 7.00. The number of carbonyl (C=O) groups excluding carboxylic acids is 2. The van der Waals surface area contributed by atoms with E-state index in [9.17, 15) is 9.59 Å². The van der Waals surface area contributed by atoms with Crippen molar-refractivity contribution in [3.8, 4) is 0 Å². The molecule has 0 saturated heterocycles. The summed E-state index contributed by atoms with van der Waals surface area (Å²) < 4.78 is 5.90. The first-order chi connectivity index (χ1) is 12.0. The van der Waals surface area contributed by atoms with E-state index in [1.165, 1.54) is 31.9 Å². The fourth-order valence-electron chi connectivity index (χ4n) is 6.28. The lowest BCUT2D eigenvalue weighted by Crippen LogP contribution is -2.52. The standard InChI is InChI=1S/C21H30NO3/c1-14(20(24)18-5-3-2-4-6-18)22-13-19(23)25-21-10-15-7-16(11-21)9-17(8-15)12-21/h13-18H,1-12H2/t14-,15?,16?,17?,21?/m0/s1. The average Bonchev–Trinajstić information content (AvgIpc) is 2.58. The van der Waals surface area contributed by atoms with Gasteiger partial charge in [-0.1, -0.05) is 19.3 Å².